The summed E-state index contributed by atoms with van der Waals surface area (Å²) in [6.07, 6.45) is 2.38. The van der Waals surface area contributed by atoms with E-state index in [0.29, 0.717) is 17.8 Å². The highest BCUT2D eigenvalue weighted by molar-refractivity contribution is 9.10. The Balaban J connectivity index is 1.88. The van der Waals surface area contributed by atoms with Crippen LogP contribution in [0.2, 0.25) is 0 Å². The fourth-order valence-electron chi connectivity index (χ4n) is 2.79. The molecule has 128 valence electrons. The summed E-state index contributed by atoms with van der Waals surface area (Å²) in [5.74, 6) is -0.632. The van der Waals surface area contributed by atoms with Crippen molar-refractivity contribution in [1.82, 2.24) is 9.71 Å². The Bertz CT molecular complexity index is 856. The SMILES string of the molecule is NC(=O)C1(NS(=O)(=O)c2csc(-c3ccc(Br)cc3)n2)CCCC1. The molecule has 1 amide bonds. The number of rotatable bonds is 5. The van der Waals surface area contributed by atoms with Crippen molar-refractivity contribution in [1.29, 1.82) is 0 Å². The number of nitrogens with one attached hydrogen (secondary N) is 1. The molecule has 0 aliphatic heterocycles. The molecule has 24 heavy (non-hydrogen) atoms. The maximum absolute atomic E-state index is 12.6. The summed E-state index contributed by atoms with van der Waals surface area (Å²) >= 11 is 4.60. The molecule has 1 aliphatic rings. The van der Waals surface area contributed by atoms with Crippen molar-refractivity contribution in [3.63, 3.8) is 0 Å². The van der Waals surface area contributed by atoms with Gasteiger partial charge in [0.25, 0.3) is 10.0 Å². The van der Waals surface area contributed by atoms with Crippen molar-refractivity contribution in [3.8, 4) is 10.6 Å². The van der Waals surface area contributed by atoms with Gasteiger partial charge in [0, 0.05) is 15.4 Å². The van der Waals surface area contributed by atoms with Gasteiger partial charge in [-0.2, -0.15) is 4.72 Å². The predicted molar refractivity (Wildman–Crippen MR) is 96.0 cm³/mol. The number of carbonyl (C=O) groups excluding carboxylic acids is 1. The standard InChI is InChI=1S/C15H16BrN3O3S2/c16-11-5-3-10(4-6-11)13-18-12(9-23-13)24(21,22)19-15(14(17)20)7-1-2-8-15/h3-6,9,19H,1-2,7-8H2,(H2,17,20). The second-order valence-electron chi connectivity index (χ2n) is 5.76. The highest BCUT2D eigenvalue weighted by Gasteiger charge is 2.43. The minimum Gasteiger partial charge on any atom is -0.368 e. The summed E-state index contributed by atoms with van der Waals surface area (Å²) in [6, 6.07) is 7.44. The number of nitrogens with two attached hydrogens (primary N) is 1. The van der Waals surface area contributed by atoms with Crippen LogP contribution in [0.25, 0.3) is 10.6 Å². The average Bonchev–Trinajstić information content (AvgIpc) is 3.17. The molecule has 0 saturated heterocycles. The van der Waals surface area contributed by atoms with E-state index in [4.69, 9.17) is 5.73 Å². The topological polar surface area (TPSA) is 102 Å². The molecule has 0 radical (unpaired) electrons. The van der Waals surface area contributed by atoms with Crippen LogP contribution in [0, 0.1) is 0 Å². The number of carbonyl (C=O) groups is 1. The third kappa shape index (κ3) is 3.39. The average molecular weight is 430 g/mol. The van der Waals surface area contributed by atoms with E-state index >= 15 is 0 Å². The molecular formula is C15H16BrN3O3S2. The van der Waals surface area contributed by atoms with Crippen LogP contribution in [-0.4, -0.2) is 24.8 Å². The highest BCUT2D eigenvalue weighted by Crippen LogP contribution is 2.32. The monoisotopic (exact) mass is 429 g/mol. The van der Waals surface area contributed by atoms with Gasteiger partial charge in [-0.25, -0.2) is 13.4 Å². The van der Waals surface area contributed by atoms with E-state index in [9.17, 15) is 13.2 Å². The summed E-state index contributed by atoms with van der Waals surface area (Å²) in [4.78, 5) is 16.0. The lowest BCUT2D eigenvalue weighted by atomic mass is 9.99. The van der Waals surface area contributed by atoms with Gasteiger partial charge in [-0.15, -0.1) is 11.3 Å². The van der Waals surface area contributed by atoms with E-state index in [1.807, 2.05) is 24.3 Å². The largest absolute Gasteiger partial charge is 0.368 e. The van der Waals surface area contributed by atoms with Crippen LogP contribution in [0.4, 0.5) is 0 Å². The van der Waals surface area contributed by atoms with Gasteiger partial charge in [0.1, 0.15) is 10.5 Å². The third-order valence-electron chi connectivity index (χ3n) is 4.11. The molecule has 0 unspecified atom stereocenters. The molecule has 1 aliphatic carbocycles. The van der Waals surface area contributed by atoms with Crippen molar-refractivity contribution in [3.05, 3.63) is 34.1 Å². The van der Waals surface area contributed by atoms with E-state index in [-0.39, 0.29) is 5.03 Å². The van der Waals surface area contributed by atoms with Crippen LogP contribution in [0.5, 0.6) is 0 Å². The zero-order valence-electron chi connectivity index (χ0n) is 12.7. The predicted octanol–water partition coefficient (Wildman–Crippen LogP) is 2.65. The van der Waals surface area contributed by atoms with Crippen LogP contribution in [0.1, 0.15) is 25.7 Å². The van der Waals surface area contributed by atoms with E-state index < -0.39 is 21.5 Å². The first-order chi connectivity index (χ1) is 11.3. The first kappa shape index (κ1) is 17.5. The van der Waals surface area contributed by atoms with E-state index in [1.54, 1.807) is 0 Å². The fraction of sp³-hybridized carbons (Fsp3) is 0.333. The molecule has 1 aromatic heterocycles. The molecule has 0 spiro atoms. The molecule has 0 atom stereocenters. The Hall–Kier alpha value is -1.29. The van der Waals surface area contributed by atoms with Gasteiger partial charge < -0.3 is 5.73 Å². The van der Waals surface area contributed by atoms with Crippen LogP contribution in [-0.2, 0) is 14.8 Å². The van der Waals surface area contributed by atoms with Gasteiger partial charge in [0.05, 0.1) is 0 Å². The Morgan fingerprint density at radius 1 is 1.25 bits per heavy atom. The summed E-state index contributed by atoms with van der Waals surface area (Å²) in [5, 5.41) is 1.99. The van der Waals surface area contributed by atoms with Crippen LogP contribution in [0.15, 0.2) is 39.1 Å². The summed E-state index contributed by atoms with van der Waals surface area (Å²) in [5.41, 5.74) is 5.07. The number of amides is 1. The summed E-state index contributed by atoms with van der Waals surface area (Å²) < 4.78 is 28.7. The Morgan fingerprint density at radius 2 is 1.88 bits per heavy atom. The molecule has 3 N–H and O–H groups in total. The number of hydrogen-bond donors (Lipinski definition) is 2. The lowest BCUT2D eigenvalue weighted by molar-refractivity contribution is -0.123. The summed E-state index contributed by atoms with van der Waals surface area (Å²) in [7, 11) is -3.90. The van der Waals surface area contributed by atoms with Crippen molar-refractivity contribution in [2.75, 3.05) is 0 Å². The second kappa shape index (κ2) is 6.55. The van der Waals surface area contributed by atoms with E-state index in [2.05, 4.69) is 25.6 Å². The van der Waals surface area contributed by atoms with Gasteiger partial charge in [-0.1, -0.05) is 40.9 Å². The van der Waals surface area contributed by atoms with E-state index in [1.165, 1.54) is 16.7 Å². The van der Waals surface area contributed by atoms with Crippen LogP contribution in [0.3, 0.4) is 0 Å². The number of benzene rings is 1. The quantitative estimate of drug-likeness (QED) is 0.761. The molecule has 0 bridgehead atoms. The molecule has 1 fully saturated rings. The molecule has 2 aromatic rings. The number of nitrogens with zero attached hydrogens (tertiary/aromatic N) is 1. The van der Waals surface area contributed by atoms with Gasteiger partial charge in [-0.05, 0) is 25.0 Å². The minimum absolute atomic E-state index is 0.0852. The fourth-order valence-corrected chi connectivity index (χ4v) is 5.59. The van der Waals surface area contributed by atoms with Crippen molar-refractivity contribution in [2.45, 2.75) is 36.2 Å². The van der Waals surface area contributed by atoms with Crippen LogP contribution >= 0.6 is 27.3 Å². The van der Waals surface area contributed by atoms with Gasteiger partial charge in [0.2, 0.25) is 5.91 Å². The lowest BCUT2D eigenvalue weighted by Gasteiger charge is -2.25. The maximum atomic E-state index is 12.6. The molecule has 9 heteroatoms. The van der Waals surface area contributed by atoms with Crippen LogP contribution < -0.4 is 10.5 Å². The third-order valence-corrected chi connectivity index (χ3v) is 7.10. The number of aromatic nitrogens is 1. The number of halogens is 1. The normalized spacial score (nSPS) is 17.0. The Morgan fingerprint density at radius 3 is 2.46 bits per heavy atom. The molecule has 1 heterocycles. The number of primary amides is 1. The van der Waals surface area contributed by atoms with Gasteiger partial charge >= 0.3 is 0 Å². The minimum atomic E-state index is -3.90. The van der Waals surface area contributed by atoms with Gasteiger partial charge in [-0.3, -0.25) is 4.79 Å². The smallest absolute Gasteiger partial charge is 0.259 e. The Labute approximate surface area is 152 Å². The maximum Gasteiger partial charge on any atom is 0.259 e. The first-order valence-electron chi connectivity index (χ1n) is 7.38. The summed E-state index contributed by atoms with van der Waals surface area (Å²) in [6.45, 7) is 0. The zero-order chi connectivity index (χ0) is 17.4. The molecule has 3 rings (SSSR count). The Kier molecular flexibility index (Phi) is 4.78. The molecular weight excluding hydrogens is 414 g/mol. The van der Waals surface area contributed by atoms with Crippen molar-refractivity contribution >= 4 is 43.2 Å². The second-order valence-corrected chi connectivity index (χ2v) is 9.16. The lowest BCUT2D eigenvalue weighted by Crippen LogP contribution is -2.55. The zero-order valence-corrected chi connectivity index (χ0v) is 15.9. The van der Waals surface area contributed by atoms with Crippen molar-refractivity contribution in [2.24, 2.45) is 5.73 Å². The first-order valence-corrected chi connectivity index (χ1v) is 10.5. The number of hydrogen-bond acceptors (Lipinski definition) is 5. The van der Waals surface area contributed by atoms with E-state index in [0.717, 1.165) is 22.9 Å². The molecule has 1 aromatic carbocycles. The number of sulfonamides is 1. The highest BCUT2D eigenvalue weighted by atomic mass is 79.9. The van der Waals surface area contributed by atoms with Gasteiger partial charge in [0.15, 0.2) is 5.03 Å². The molecule has 1 saturated carbocycles. The number of thiazole rings is 1. The van der Waals surface area contributed by atoms with Crippen molar-refractivity contribution < 1.29 is 13.2 Å². The molecule has 6 nitrogen and oxygen atoms in total.